The van der Waals surface area contributed by atoms with Gasteiger partial charge in [0.05, 0.1) is 0 Å². The predicted octanol–water partition coefficient (Wildman–Crippen LogP) is 4.53. The number of aryl methyl sites for hydroxylation is 2. The average molecular weight is 388 g/mol. The van der Waals surface area contributed by atoms with Crippen LogP contribution in [0.15, 0.2) is 36.4 Å². The van der Waals surface area contributed by atoms with Gasteiger partial charge in [0.15, 0.2) is 6.79 Å². The minimum absolute atomic E-state index is 0.273. The fourth-order valence-corrected chi connectivity index (χ4v) is 4.77. The molecule has 148 valence electrons. The van der Waals surface area contributed by atoms with E-state index in [2.05, 4.69) is 82.8 Å². The molecule has 0 spiro atoms. The van der Waals surface area contributed by atoms with Crippen molar-refractivity contribution < 1.29 is 9.47 Å². The Kier molecular flexibility index (Phi) is 8.28. The number of nitrogens with zero attached hydrogens (tertiary/aromatic N) is 1. The lowest BCUT2D eigenvalue weighted by Crippen LogP contribution is -2.37. The molecular formula is C23H34NO2P. The zero-order valence-electron chi connectivity index (χ0n) is 17.8. The highest BCUT2D eigenvalue weighted by Crippen LogP contribution is 2.25. The Morgan fingerprint density at radius 2 is 1.70 bits per heavy atom. The summed E-state index contributed by atoms with van der Waals surface area (Å²) in [4.78, 5) is 2.54. The van der Waals surface area contributed by atoms with E-state index in [1.54, 1.807) is 7.11 Å². The van der Waals surface area contributed by atoms with Crippen molar-refractivity contribution in [3.05, 3.63) is 53.1 Å². The fourth-order valence-electron chi connectivity index (χ4n) is 3.32. The van der Waals surface area contributed by atoms with E-state index in [1.807, 2.05) is 0 Å². The van der Waals surface area contributed by atoms with Crippen LogP contribution in [0, 0.1) is 13.8 Å². The third kappa shape index (κ3) is 6.04. The number of ether oxygens (including phenoxy) is 2. The van der Waals surface area contributed by atoms with E-state index in [0.717, 1.165) is 12.3 Å². The molecule has 4 heteroatoms. The monoisotopic (exact) mass is 387 g/mol. The van der Waals surface area contributed by atoms with E-state index >= 15 is 0 Å². The Hall–Kier alpha value is -1.41. The standard InChI is InChI=1S/C23H34NO2P/c1-16(2)24(17(3)4)14-20-10-8-9-19(6)23(20)27-22-13-18(5)11-12-21(22)26-15-25-7/h8-13,16-17,27H,14-15H2,1-7H3. The van der Waals surface area contributed by atoms with Crippen LogP contribution in [0.1, 0.15) is 44.4 Å². The van der Waals surface area contributed by atoms with Gasteiger partial charge in [0.1, 0.15) is 5.75 Å². The summed E-state index contributed by atoms with van der Waals surface area (Å²) in [6.45, 7) is 14.7. The van der Waals surface area contributed by atoms with Gasteiger partial charge in [0.25, 0.3) is 0 Å². The molecule has 0 fully saturated rings. The molecule has 0 radical (unpaired) electrons. The van der Waals surface area contributed by atoms with Gasteiger partial charge in [-0.3, -0.25) is 4.90 Å². The van der Waals surface area contributed by atoms with Crippen molar-refractivity contribution >= 4 is 19.2 Å². The molecule has 0 aromatic heterocycles. The molecule has 27 heavy (non-hydrogen) atoms. The van der Waals surface area contributed by atoms with Crippen LogP contribution in [0.5, 0.6) is 5.75 Å². The van der Waals surface area contributed by atoms with Gasteiger partial charge < -0.3 is 9.47 Å². The second-order valence-electron chi connectivity index (χ2n) is 7.64. The smallest absolute Gasteiger partial charge is 0.188 e. The minimum Gasteiger partial charge on any atom is -0.467 e. The number of methoxy groups -OCH3 is 1. The Labute approximate surface area is 166 Å². The SMILES string of the molecule is COCOc1ccc(C)cc1Pc1c(C)cccc1CN(C(C)C)C(C)C. The van der Waals surface area contributed by atoms with Crippen molar-refractivity contribution in [2.45, 2.75) is 60.2 Å². The molecule has 0 bridgehead atoms. The van der Waals surface area contributed by atoms with Crippen LogP contribution in [0.4, 0.5) is 0 Å². The van der Waals surface area contributed by atoms with Crippen LogP contribution < -0.4 is 15.3 Å². The minimum atomic E-state index is 0.273. The summed E-state index contributed by atoms with van der Waals surface area (Å²) in [6, 6.07) is 14.1. The maximum Gasteiger partial charge on any atom is 0.188 e. The van der Waals surface area contributed by atoms with Crippen LogP contribution in [0.2, 0.25) is 0 Å². The predicted molar refractivity (Wildman–Crippen MR) is 118 cm³/mol. The zero-order chi connectivity index (χ0) is 20.0. The van der Waals surface area contributed by atoms with Gasteiger partial charge >= 0.3 is 0 Å². The molecule has 2 aromatic rings. The second-order valence-corrected chi connectivity index (χ2v) is 8.93. The fraction of sp³-hybridized carbons (Fsp3) is 0.478. The van der Waals surface area contributed by atoms with Gasteiger partial charge in [-0.15, -0.1) is 0 Å². The maximum atomic E-state index is 5.83. The van der Waals surface area contributed by atoms with E-state index in [0.29, 0.717) is 20.7 Å². The highest BCUT2D eigenvalue weighted by molar-refractivity contribution is 7.56. The molecule has 0 N–H and O–H groups in total. The van der Waals surface area contributed by atoms with Crippen molar-refractivity contribution in [3.8, 4) is 5.75 Å². The highest BCUT2D eigenvalue weighted by atomic mass is 31.1. The van der Waals surface area contributed by atoms with Gasteiger partial charge in [-0.2, -0.15) is 0 Å². The molecular weight excluding hydrogens is 353 g/mol. The van der Waals surface area contributed by atoms with Crippen molar-refractivity contribution in [1.29, 1.82) is 0 Å². The Balaban J connectivity index is 2.38. The van der Waals surface area contributed by atoms with Crippen LogP contribution in [0.3, 0.4) is 0 Å². The van der Waals surface area contributed by atoms with Crippen LogP contribution >= 0.6 is 8.58 Å². The molecule has 0 saturated heterocycles. The topological polar surface area (TPSA) is 21.7 Å². The molecule has 2 aromatic carbocycles. The van der Waals surface area contributed by atoms with Crippen LogP contribution in [0.25, 0.3) is 0 Å². The van der Waals surface area contributed by atoms with Gasteiger partial charge in [-0.05, 0) is 70.1 Å². The molecule has 0 aliphatic heterocycles. The van der Waals surface area contributed by atoms with E-state index in [1.165, 1.54) is 27.3 Å². The van der Waals surface area contributed by atoms with E-state index in [4.69, 9.17) is 9.47 Å². The van der Waals surface area contributed by atoms with E-state index < -0.39 is 0 Å². The third-order valence-corrected chi connectivity index (χ3v) is 6.39. The van der Waals surface area contributed by atoms with E-state index in [9.17, 15) is 0 Å². The lowest BCUT2D eigenvalue weighted by atomic mass is 10.1. The number of hydrogen-bond donors (Lipinski definition) is 0. The number of rotatable bonds is 9. The average Bonchev–Trinajstić information content (AvgIpc) is 2.60. The summed E-state index contributed by atoms with van der Waals surface area (Å²) in [5.74, 6) is 0.916. The quantitative estimate of drug-likeness (QED) is 0.466. The Morgan fingerprint density at radius 3 is 2.33 bits per heavy atom. The third-order valence-electron chi connectivity index (χ3n) is 4.77. The Morgan fingerprint density at radius 1 is 1.00 bits per heavy atom. The Bertz CT molecular complexity index is 735. The van der Waals surface area contributed by atoms with Gasteiger partial charge in [0, 0.05) is 31.0 Å². The first-order valence-electron chi connectivity index (χ1n) is 9.67. The summed E-state index contributed by atoms with van der Waals surface area (Å²) >= 11 is 0. The molecule has 1 atom stereocenters. The number of hydrogen-bond acceptors (Lipinski definition) is 3. The molecule has 3 nitrogen and oxygen atoms in total. The first-order chi connectivity index (χ1) is 12.8. The lowest BCUT2D eigenvalue weighted by molar-refractivity contribution is 0.0519. The van der Waals surface area contributed by atoms with Gasteiger partial charge in [-0.1, -0.05) is 38.4 Å². The molecule has 2 rings (SSSR count). The summed E-state index contributed by atoms with van der Waals surface area (Å²) in [6.07, 6.45) is 0. The zero-order valence-corrected chi connectivity index (χ0v) is 18.8. The normalized spacial score (nSPS) is 12.1. The lowest BCUT2D eigenvalue weighted by Gasteiger charge is -2.31. The summed E-state index contributed by atoms with van der Waals surface area (Å²) in [5, 5.41) is 2.67. The number of benzene rings is 2. The molecule has 0 saturated carbocycles. The summed E-state index contributed by atoms with van der Waals surface area (Å²) in [5.41, 5.74) is 4.01. The van der Waals surface area contributed by atoms with Crippen LogP contribution in [-0.4, -0.2) is 30.9 Å². The van der Waals surface area contributed by atoms with Gasteiger partial charge in [0.2, 0.25) is 0 Å². The van der Waals surface area contributed by atoms with Crippen molar-refractivity contribution in [3.63, 3.8) is 0 Å². The van der Waals surface area contributed by atoms with E-state index in [-0.39, 0.29) is 6.79 Å². The first kappa shape index (κ1) is 21.9. The molecule has 1 unspecified atom stereocenters. The first-order valence-corrected chi connectivity index (χ1v) is 10.7. The molecule has 0 amide bonds. The van der Waals surface area contributed by atoms with Crippen molar-refractivity contribution in [1.82, 2.24) is 4.90 Å². The second kappa shape index (κ2) is 10.2. The summed E-state index contributed by atoms with van der Waals surface area (Å²) < 4.78 is 10.9. The largest absolute Gasteiger partial charge is 0.467 e. The molecule has 0 aliphatic rings. The molecule has 0 heterocycles. The maximum absolute atomic E-state index is 5.83. The van der Waals surface area contributed by atoms with Gasteiger partial charge in [-0.25, -0.2) is 0 Å². The van der Waals surface area contributed by atoms with Crippen molar-refractivity contribution in [2.24, 2.45) is 0 Å². The van der Waals surface area contributed by atoms with Crippen molar-refractivity contribution in [2.75, 3.05) is 13.9 Å². The molecule has 0 aliphatic carbocycles. The summed E-state index contributed by atoms with van der Waals surface area (Å²) in [7, 11) is 2.22. The van der Waals surface area contributed by atoms with Crippen LogP contribution in [-0.2, 0) is 11.3 Å². The highest BCUT2D eigenvalue weighted by Gasteiger charge is 2.17.